The Labute approximate surface area is 141 Å². The van der Waals surface area contributed by atoms with Gasteiger partial charge in [0, 0.05) is 24.5 Å². The third-order valence-corrected chi connectivity index (χ3v) is 5.13. The van der Waals surface area contributed by atoms with Crippen LogP contribution in [0.2, 0.25) is 5.02 Å². The van der Waals surface area contributed by atoms with Crippen LogP contribution < -0.4 is 11.1 Å². The fourth-order valence-electron chi connectivity index (χ4n) is 3.04. The number of nitrogen functional groups attached to an aromatic ring is 1. The molecule has 1 aliphatic heterocycles. The van der Waals surface area contributed by atoms with Crippen LogP contribution in [-0.4, -0.2) is 27.9 Å². The monoisotopic (exact) mass is 331 g/mol. The first-order valence-electron chi connectivity index (χ1n) is 8.34. The fourth-order valence-corrected chi connectivity index (χ4v) is 3.20. The second-order valence-corrected chi connectivity index (χ2v) is 7.28. The number of piperidine rings is 1. The summed E-state index contributed by atoms with van der Waals surface area (Å²) in [5.74, 6) is 3.37. The quantitative estimate of drug-likeness (QED) is 0.907. The Morgan fingerprint density at radius 3 is 2.65 bits per heavy atom. The van der Waals surface area contributed by atoms with Gasteiger partial charge in [0.1, 0.15) is 5.82 Å². The van der Waals surface area contributed by atoms with Gasteiger partial charge in [-0.2, -0.15) is 5.10 Å². The molecule has 2 saturated carbocycles. The number of fused-ring (bicyclic) bond motifs is 1. The molecule has 0 amide bonds. The van der Waals surface area contributed by atoms with Gasteiger partial charge in [0.2, 0.25) is 0 Å². The highest BCUT2D eigenvalue weighted by Crippen LogP contribution is 2.40. The molecular weight excluding hydrogens is 310 g/mol. The second kappa shape index (κ2) is 6.13. The molecule has 2 aliphatic carbocycles. The number of anilines is 1. The molecule has 23 heavy (non-hydrogen) atoms. The Kier molecular flexibility index (Phi) is 3.99. The van der Waals surface area contributed by atoms with Crippen molar-refractivity contribution in [2.24, 2.45) is 17.8 Å². The molecule has 0 radical (unpaired) electrons. The minimum atomic E-state index is 0.354. The Morgan fingerprint density at radius 2 is 2.09 bits per heavy atom. The molecule has 2 unspecified atom stereocenters. The van der Waals surface area contributed by atoms with Gasteiger partial charge in [-0.25, -0.2) is 4.98 Å². The molecule has 5 rings (SSSR count). The zero-order valence-electron chi connectivity index (χ0n) is 13.1. The molecule has 3 fully saturated rings. The third kappa shape index (κ3) is 3.67. The average Bonchev–Trinajstić information content (AvgIpc) is 3.42. The summed E-state index contributed by atoms with van der Waals surface area (Å²) in [4.78, 5) is 4.03. The van der Waals surface area contributed by atoms with Crippen LogP contribution in [0.3, 0.4) is 0 Å². The number of hydrogen-bond donors (Lipinski definition) is 2. The van der Waals surface area contributed by atoms with Crippen LogP contribution in [0.25, 0.3) is 11.3 Å². The number of nitrogens with zero attached hydrogens (tertiary/aromatic N) is 3. The Balaban J connectivity index is 0.000000186. The lowest BCUT2D eigenvalue weighted by molar-refractivity contribution is 0.564. The van der Waals surface area contributed by atoms with Crippen molar-refractivity contribution in [1.82, 2.24) is 20.1 Å². The van der Waals surface area contributed by atoms with E-state index in [9.17, 15) is 0 Å². The molecule has 2 atom stereocenters. The van der Waals surface area contributed by atoms with E-state index in [-0.39, 0.29) is 0 Å². The first kappa shape index (κ1) is 15.0. The second-order valence-electron chi connectivity index (χ2n) is 6.87. The SMILES string of the molecule is C1NCC2CC12.Nc1ncc(-c2ccn(CC3CC3)n2)cc1Cl. The lowest BCUT2D eigenvalue weighted by Crippen LogP contribution is -2.10. The number of rotatable bonds is 3. The van der Waals surface area contributed by atoms with Crippen molar-refractivity contribution in [3.63, 3.8) is 0 Å². The van der Waals surface area contributed by atoms with E-state index < -0.39 is 0 Å². The maximum Gasteiger partial charge on any atom is 0.142 e. The van der Waals surface area contributed by atoms with Gasteiger partial charge in [0.05, 0.1) is 10.7 Å². The van der Waals surface area contributed by atoms with Crippen molar-refractivity contribution in [2.45, 2.75) is 25.8 Å². The summed E-state index contributed by atoms with van der Waals surface area (Å²) in [6.07, 6.45) is 7.87. The smallest absolute Gasteiger partial charge is 0.142 e. The molecule has 6 heteroatoms. The van der Waals surface area contributed by atoms with Crippen molar-refractivity contribution in [3.05, 3.63) is 29.5 Å². The van der Waals surface area contributed by atoms with E-state index in [1.54, 1.807) is 12.3 Å². The first-order valence-corrected chi connectivity index (χ1v) is 8.72. The summed E-state index contributed by atoms with van der Waals surface area (Å²) in [6.45, 7) is 3.63. The Bertz CT molecular complexity index is 686. The molecular formula is C17H22ClN5. The summed E-state index contributed by atoms with van der Waals surface area (Å²) in [5.41, 5.74) is 7.37. The molecule has 1 saturated heterocycles. The minimum Gasteiger partial charge on any atom is -0.382 e. The van der Waals surface area contributed by atoms with Crippen molar-refractivity contribution in [2.75, 3.05) is 18.8 Å². The molecule has 0 spiro atoms. The highest BCUT2D eigenvalue weighted by atomic mass is 35.5. The van der Waals surface area contributed by atoms with Crippen molar-refractivity contribution in [1.29, 1.82) is 0 Å². The summed E-state index contributed by atoms with van der Waals surface area (Å²) in [7, 11) is 0. The lowest BCUT2D eigenvalue weighted by Gasteiger charge is -2.00. The number of pyridine rings is 1. The molecule has 0 aromatic carbocycles. The van der Waals surface area contributed by atoms with Gasteiger partial charge >= 0.3 is 0 Å². The summed E-state index contributed by atoms with van der Waals surface area (Å²) < 4.78 is 1.98. The summed E-state index contributed by atoms with van der Waals surface area (Å²) >= 11 is 5.94. The number of nitrogens with one attached hydrogen (secondary N) is 1. The largest absolute Gasteiger partial charge is 0.382 e. The van der Waals surface area contributed by atoms with Gasteiger partial charge < -0.3 is 11.1 Å². The van der Waals surface area contributed by atoms with E-state index in [0.29, 0.717) is 10.8 Å². The van der Waals surface area contributed by atoms with Gasteiger partial charge in [-0.3, -0.25) is 4.68 Å². The van der Waals surface area contributed by atoms with E-state index in [4.69, 9.17) is 17.3 Å². The fraction of sp³-hybridized carbons (Fsp3) is 0.529. The maximum absolute atomic E-state index is 5.94. The molecule has 2 aromatic heterocycles. The molecule has 5 nitrogen and oxygen atoms in total. The van der Waals surface area contributed by atoms with E-state index in [0.717, 1.165) is 35.6 Å². The topological polar surface area (TPSA) is 68.8 Å². The average molecular weight is 332 g/mol. The maximum atomic E-state index is 5.94. The van der Waals surface area contributed by atoms with Crippen molar-refractivity contribution in [3.8, 4) is 11.3 Å². The molecule has 3 N–H and O–H groups in total. The molecule has 122 valence electrons. The highest BCUT2D eigenvalue weighted by Gasteiger charge is 2.40. The van der Waals surface area contributed by atoms with Crippen LogP contribution in [0.1, 0.15) is 19.3 Å². The molecule has 3 aliphatic rings. The lowest BCUT2D eigenvalue weighted by atomic mass is 10.2. The van der Waals surface area contributed by atoms with Crippen molar-refractivity contribution >= 4 is 17.4 Å². The van der Waals surface area contributed by atoms with Gasteiger partial charge in [-0.05, 0) is 62.2 Å². The number of halogens is 1. The van der Waals surface area contributed by atoms with E-state index in [1.807, 2.05) is 16.9 Å². The van der Waals surface area contributed by atoms with Crippen LogP contribution in [0.5, 0.6) is 0 Å². The predicted octanol–water partition coefficient (Wildman–Crippen LogP) is 2.82. The van der Waals surface area contributed by atoms with E-state index >= 15 is 0 Å². The normalized spacial score (nSPS) is 24.7. The third-order valence-electron chi connectivity index (χ3n) is 4.83. The van der Waals surface area contributed by atoms with Crippen molar-refractivity contribution < 1.29 is 0 Å². The van der Waals surface area contributed by atoms with Gasteiger partial charge in [-0.1, -0.05) is 11.6 Å². The molecule has 3 heterocycles. The Hall–Kier alpha value is -1.59. The predicted molar refractivity (Wildman–Crippen MR) is 92.1 cm³/mol. The van der Waals surface area contributed by atoms with E-state index in [1.165, 1.54) is 32.4 Å². The van der Waals surface area contributed by atoms with Crippen LogP contribution in [0.15, 0.2) is 24.5 Å². The molecule has 0 bridgehead atoms. The zero-order valence-corrected chi connectivity index (χ0v) is 13.8. The molecule has 2 aromatic rings. The summed E-state index contributed by atoms with van der Waals surface area (Å²) in [5, 5.41) is 8.30. The first-order chi connectivity index (χ1) is 11.2. The minimum absolute atomic E-state index is 0.354. The van der Waals surface area contributed by atoms with Crippen LogP contribution in [-0.2, 0) is 6.54 Å². The summed E-state index contributed by atoms with van der Waals surface area (Å²) in [6, 6.07) is 3.78. The number of aromatic nitrogens is 3. The van der Waals surface area contributed by atoms with E-state index in [2.05, 4.69) is 15.4 Å². The van der Waals surface area contributed by atoms with Crippen LogP contribution >= 0.6 is 11.6 Å². The highest BCUT2D eigenvalue weighted by molar-refractivity contribution is 6.33. The standard InChI is InChI=1S/C12H13ClN4.C5H9N/c13-10-5-9(6-15-12(10)14)11-3-4-17(16-11)7-8-1-2-8;1-4-2-6-3-5(1)4/h3-6,8H,1-2,7H2,(H2,14,15);4-6H,1-3H2. The number of nitrogens with two attached hydrogens (primary N) is 1. The zero-order chi connectivity index (χ0) is 15.8. The van der Waals surface area contributed by atoms with Gasteiger partial charge in [0.15, 0.2) is 0 Å². The van der Waals surface area contributed by atoms with Crippen LogP contribution in [0.4, 0.5) is 5.82 Å². The van der Waals surface area contributed by atoms with Crippen LogP contribution in [0, 0.1) is 17.8 Å². The Morgan fingerprint density at radius 1 is 1.30 bits per heavy atom. The van der Waals surface area contributed by atoms with Gasteiger partial charge in [-0.15, -0.1) is 0 Å². The van der Waals surface area contributed by atoms with Gasteiger partial charge in [0.25, 0.3) is 0 Å². The number of hydrogen-bond acceptors (Lipinski definition) is 4.